The predicted molar refractivity (Wildman–Crippen MR) is 92.4 cm³/mol. The van der Waals surface area contributed by atoms with Crippen LogP contribution in [0.5, 0.6) is 5.75 Å². The summed E-state index contributed by atoms with van der Waals surface area (Å²) in [5.41, 5.74) is 2.68. The molecular formula is C18H20BrNO2. The first-order valence-corrected chi connectivity index (χ1v) is 8.10. The first kappa shape index (κ1) is 16.6. The van der Waals surface area contributed by atoms with E-state index in [1.54, 1.807) is 6.07 Å². The number of benzene rings is 2. The smallest absolute Gasteiger partial charge is 0.251 e. The molecule has 0 fully saturated rings. The normalized spacial score (nSPS) is 11.8. The number of hydrogen-bond acceptors (Lipinski definition) is 2. The molecule has 3 nitrogen and oxygen atoms in total. The number of aryl methyl sites for hydroxylation is 1. The fourth-order valence-electron chi connectivity index (χ4n) is 2.22. The molecule has 0 saturated heterocycles. The number of halogens is 1. The first-order chi connectivity index (χ1) is 10.5. The Labute approximate surface area is 139 Å². The maximum absolute atomic E-state index is 12.4. The SMILES string of the molecule is CCOc1ccc(C(=O)N[C@@H](C)c2ccc(Br)cc2)cc1C. The summed E-state index contributed by atoms with van der Waals surface area (Å²) in [6.07, 6.45) is 0. The third-order valence-electron chi connectivity index (χ3n) is 3.45. The van der Waals surface area contributed by atoms with Gasteiger partial charge in [0.25, 0.3) is 5.91 Å². The van der Waals surface area contributed by atoms with E-state index in [1.807, 2.05) is 57.2 Å². The van der Waals surface area contributed by atoms with Crippen LogP contribution in [-0.2, 0) is 0 Å². The van der Waals surface area contributed by atoms with Gasteiger partial charge in [-0.15, -0.1) is 0 Å². The van der Waals surface area contributed by atoms with E-state index in [4.69, 9.17) is 4.74 Å². The maximum Gasteiger partial charge on any atom is 0.251 e. The summed E-state index contributed by atoms with van der Waals surface area (Å²) in [4.78, 5) is 12.4. The Kier molecular flexibility index (Phi) is 5.61. The van der Waals surface area contributed by atoms with Gasteiger partial charge in [0, 0.05) is 10.0 Å². The molecule has 4 heteroatoms. The van der Waals surface area contributed by atoms with Crippen LogP contribution < -0.4 is 10.1 Å². The highest BCUT2D eigenvalue weighted by atomic mass is 79.9. The highest BCUT2D eigenvalue weighted by Gasteiger charge is 2.12. The topological polar surface area (TPSA) is 38.3 Å². The van der Waals surface area contributed by atoms with Gasteiger partial charge < -0.3 is 10.1 Å². The lowest BCUT2D eigenvalue weighted by molar-refractivity contribution is 0.0940. The molecule has 1 N–H and O–H groups in total. The highest BCUT2D eigenvalue weighted by Crippen LogP contribution is 2.20. The number of hydrogen-bond donors (Lipinski definition) is 1. The van der Waals surface area contributed by atoms with Crippen molar-refractivity contribution in [2.45, 2.75) is 26.8 Å². The van der Waals surface area contributed by atoms with Gasteiger partial charge in [0.15, 0.2) is 0 Å². The summed E-state index contributed by atoms with van der Waals surface area (Å²) in [5, 5.41) is 3.02. The molecule has 22 heavy (non-hydrogen) atoms. The van der Waals surface area contributed by atoms with Gasteiger partial charge in [-0.25, -0.2) is 0 Å². The Morgan fingerprint density at radius 3 is 2.50 bits per heavy atom. The van der Waals surface area contributed by atoms with Crippen molar-refractivity contribution in [1.82, 2.24) is 5.32 Å². The summed E-state index contributed by atoms with van der Waals surface area (Å²) in [6, 6.07) is 13.4. The fourth-order valence-corrected chi connectivity index (χ4v) is 2.49. The summed E-state index contributed by atoms with van der Waals surface area (Å²) in [5.74, 6) is 0.738. The lowest BCUT2D eigenvalue weighted by Gasteiger charge is -2.15. The summed E-state index contributed by atoms with van der Waals surface area (Å²) < 4.78 is 6.52. The van der Waals surface area contributed by atoms with Crippen molar-refractivity contribution in [3.63, 3.8) is 0 Å². The monoisotopic (exact) mass is 361 g/mol. The van der Waals surface area contributed by atoms with E-state index in [-0.39, 0.29) is 11.9 Å². The van der Waals surface area contributed by atoms with Crippen LogP contribution in [0.15, 0.2) is 46.9 Å². The third kappa shape index (κ3) is 4.10. The molecule has 0 aromatic heterocycles. The van der Waals surface area contributed by atoms with Crippen molar-refractivity contribution in [2.24, 2.45) is 0 Å². The van der Waals surface area contributed by atoms with E-state index < -0.39 is 0 Å². The van der Waals surface area contributed by atoms with Gasteiger partial charge in [0.1, 0.15) is 5.75 Å². The second-order valence-electron chi connectivity index (χ2n) is 5.16. The maximum atomic E-state index is 12.4. The molecule has 0 saturated carbocycles. The van der Waals surface area contributed by atoms with Gasteiger partial charge in [-0.3, -0.25) is 4.79 Å². The largest absolute Gasteiger partial charge is 0.494 e. The van der Waals surface area contributed by atoms with Gasteiger partial charge in [0.2, 0.25) is 0 Å². The summed E-state index contributed by atoms with van der Waals surface area (Å²) in [6.45, 7) is 6.48. The Morgan fingerprint density at radius 1 is 1.23 bits per heavy atom. The molecule has 2 aromatic rings. The van der Waals surface area contributed by atoms with Crippen LogP contribution in [0.4, 0.5) is 0 Å². The predicted octanol–water partition coefficient (Wildman–Crippen LogP) is 4.65. The zero-order chi connectivity index (χ0) is 16.1. The lowest BCUT2D eigenvalue weighted by Crippen LogP contribution is -2.26. The fraction of sp³-hybridized carbons (Fsp3) is 0.278. The van der Waals surface area contributed by atoms with Crippen LogP contribution in [-0.4, -0.2) is 12.5 Å². The van der Waals surface area contributed by atoms with E-state index in [0.29, 0.717) is 12.2 Å². The Hall–Kier alpha value is -1.81. The van der Waals surface area contributed by atoms with Crippen molar-refractivity contribution in [1.29, 1.82) is 0 Å². The van der Waals surface area contributed by atoms with Crippen LogP contribution in [0.2, 0.25) is 0 Å². The Bertz CT molecular complexity index is 653. The van der Waals surface area contributed by atoms with Crippen molar-refractivity contribution >= 4 is 21.8 Å². The Morgan fingerprint density at radius 2 is 1.91 bits per heavy atom. The molecule has 0 aliphatic heterocycles. The molecule has 1 atom stereocenters. The molecule has 0 unspecified atom stereocenters. The second kappa shape index (κ2) is 7.45. The van der Waals surface area contributed by atoms with Crippen LogP contribution in [0.25, 0.3) is 0 Å². The molecule has 0 aliphatic rings. The minimum atomic E-state index is -0.0819. The van der Waals surface area contributed by atoms with E-state index >= 15 is 0 Å². The van der Waals surface area contributed by atoms with Crippen molar-refractivity contribution < 1.29 is 9.53 Å². The lowest BCUT2D eigenvalue weighted by atomic mass is 10.1. The van der Waals surface area contributed by atoms with Crippen LogP contribution in [0.3, 0.4) is 0 Å². The number of nitrogens with one attached hydrogen (secondary N) is 1. The van der Waals surface area contributed by atoms with Gasteiger partial charge >= 0.3 is 0 Å². The van der Waals surface area contributed by atoms with Gasteiger partial charge in [-0.2, -0.15) is 0 Å². The number of carbonyl (C=O) groups is 1. The van der Waals surface area contributed by atoms with Crippen molar-refractivity contribution in [3.05, 3.63) is 63.6 Å². The zero-order valence-electron chi connectivity index (χ0n) is 13.0. The first-order valence-electron chi connectivity index (χ1n) is 7.31. The van der Waals surface area contributed by atoms with Crippen molar-refractivity contribution in [2.75, 3.05) is 6.61 Å². The molecule has 0 bridgehead atoms. The van der Waals surface area contributed by atoms with E-state index in [1.165, 1.54) is 0 Å². The van der Waals surface area contributed by atoms with Crippen molar-refractivity contribution in [3.8, 4) is 5.75 Å². The average molecular weight is 362 g/mol. The number of ether oxygens (including phenoxy) is 1. The molecule has 1 amide bonds. The molecule has 0 spiro atoms. The van der Waals surface area contributed by atoms with Gasteiger partial charge in [0.05, 0.1) is 12.6 Å². The van der Waals surface area contributed by atoms with E-state index in [2.05, 4.69) is 21.2 Å². The molecule has 2 rings (SSSR count). The molecular weight excluding hydrogens is 342 g/mol. The van der Waals surface area contributed by atoms with E-state index in [0.717, 1.165) is 21.3 Å². The summed E-state index contributed by atoms with van der Waals surface area (Å²) >= 11 is 3.41. The minimum Gasteiger partial charge on any atom is -0.494 e. The molecule has 116 valence electrons. The second-order valence-corrected chi connectivity index (χ2v) is 6.08. The third-order valence-corrected chi connectivity index (χ3v) is 3.98. The number of carbonyl (C=O) groups excluding carboxylic acids is 1. The average Bonchev–Trinajstić information content (AvgIpc) is 2.50. The van der Waals surface area contributed by atoms with Gasteiger partial charge in [-0.05, 0) is 62.2 Å². The highest BCUT2D eigenvalue weighted by molar-refractivity contribution is 9.10. The quantitative estimate of drug-likeness (QED) is 0.841. The molecule has 0 heterocycles. The molecule has 0 aliphatic carbocycles. The van der Waals surface area contributed by atoms with Crippen LogP contribution in [0, 0.1) is 6.92 Å². The van der Waals surface area contributed by atoms with Crippen LogP contribution in [0.1, 0.15) is 41.4 Å². The van der Waals surface area contributed by atoms with Crippen LogP contribution >= 0.6 is 15.9 Å². The van der Waals surface area contributed by atoms with Gasteiger partial charge in [-0.1, -0.05) is 28.1 Å². The number of amides is 1. The zero-order valence-corrected chi connectivity index (χ0v) is 14.6. The summed E-state index contributed by atoms with van der Waals surface area (Å²) in [7, 11) is 0. The minimum absolute atomic E-state index is 0.0486. The van der Waals surface area contributed by atoms with E-state index in [9.17, 15) is 4.79 Å². The Balaban J connectivity index is 2.08. The number of rotatable bonds is 5. The standard InChI is InChI=1S/C18H20BrNO2/c1-4-22-17-10-7-15(11-12(17)2)18(21)20-13(3)14-5-8-16(19)9-6-14/h5-11,13H,4H2,1-3H3,(H,20,21)/t13-/m0/s1. The molecule has 0 radical (unpaired) electrons. The molecule has 2 aromatic carbocycles.